The Kier molecular flexibility index (Phi) is 6.33. The Morgan fingerprint density at radius 3 is 2.46 bits per heavy atom. The number of carbonyl (C=O) groups excluding carboxylic acids is 1. The van der Waals surface area contributed by atoms with Crippen molar-refractivity contribution >= 4 is 15.9 Å². The molecule has 1 heterocycles. The molecule has 150 valence electrons. The average molecular weight is 404 g/mol. The van der Waals surface area contributed by atoms with Crippen LogP contribution in [-0.4, -0.2) is 52.6 Å². The summed E-state index contributed by atoms with van der Waals surface area (Å²) in [6, 6.07) is 11.8. The van der Waals surface area contributed by atoms with E-state index < -0.39 is 10.0 Å². The third-order valence-corrected chi connectivity index (χ3v) is 6.07. The fourth-order valence-electron chi connectivity index (χ4n) is 2.94. The Balaban J connectivity index is 1.76. The minimum absolute atomic E-state index is 0.0724. The molecule has 2 aromatic carbocycles. The first-order chi connectivity index (χ1) is 13.4. The molecule has 28 heavy (non-hydrogen) atoms. The van der Waals surface area contributed by atoms with Crippen molar-refractivity contribution in [1.82, 2.24) is 9.62 Å². The number of hydrogen-bond donors (Lipinski definition) is 1. The van der Waals surface area contributed by atoms with E-state index in [1.54, 1.807) is 49.3 Å². The van der Waals surface area contributed by atoms with Crippen molar-refractivity contribution in [3.05, 3.63) is 59.2 Å². The van der Waals surface area contributed by atoms with Crippen LogP contribution in [0.5, 0.6) is 5.75 Å². The van der Waals surface area contributed by atoms with Crippen LogP contribution in [0.4, 0.5) is 0 Å². The van der Waals surface area contributed by atoms with Gasteiger partial charge < -0.3 is 14.4 Å². The van der Waals surface area contributed by atoms with Crippen LogP contribution in [0.2, 0.25) is 0 Å². The molecule has 1 N–H and O–H groups in total. The Morgan fingerprint density at radius 2 is 1.82 bits per heavy atom. The molecule has 0 radical (unpaired) electrons. The number of nitrogens with zero attached hydrogens (tertiary/aromatic N) is 1. The van der Waals surface area contributed by atoms with Crippen LogP contribution in [0.25, 0.3) is 0 Å². The summed E-state index contributed by atoms with van der Waals surface area (Å²) in [7, 11) is -2.18. The SMILES string of the molecule is COc1ccc(CNS(=O)(=O)c2ccc(C)c(C(=O)N3CCOCC3)c2)cc1. The van der Waals surface area contributed by atoms with E-state index >= 15 is 0 Å². The standard InChI is InChI=1S/C20H24N2O5S/c1-15-3-8-18(13-19(15)20(23)22-9-11-27-12-10-22)28(24,25)21-14-16-4-6-17(26-2)7-5-16/h3-8,13,21H,9-12,14H2,1-2H3. The number of ether oxygens (including phenoxy) is 2. The molecule has 1 saturated heterocycles. The molecule has 0 saturated carbocycles. The molecule has 7 nitrogen and oxygen atoms in total. The zero-order valence-electron chi connectivity index (χ0n) is 16.0. The van der Waals surface area contributed by atoms with Gasteiger partial charge in [-0.3, -0.25) is 4.79 Å². The fraction of sp³-hybridized carbons (Fsp3) is 0.350. The molecule has 1 fully saturated rings. The Labute approximate surface area is 165 Å². The molecule has 1 aliphatic heterocycles. The maximum atomic E-state index is 12.8. The highest BCUT2D eigenvalue weighted by Crippen LogP contribution is 2.19. The Morgan fingerprint density at radius 1 is 1.14 bits per heavy atom. The Bertz CT molecular complexity index is 936. The lowest BCUT2D eigenvalue weighted by Crippen LogP contribution is -2.41. The molecule has 0 unspecified atom stereocenters. The summed E-state index contributed by atoms with van der Waals surface area (Å²) in [5, 5.41) is 0. The predicted octanol–water partition coefficient (Wildman–Crippen LogP) is 1.95. The van der Waals surface area contributed by atoms with Crippen molar-refractivity contribution < 1.29 is 22.7 Å². The number of benzene rings is 2. The van der Waals surface area contributed by atoms with Gasteiger partial charge in [-0.1, -0.05) is 18.2 Å². The van der Waals surface area contributed by atoms with E-state index in [-0.39, 0.29) is 17.3 Å². The Hall–Kier alpha value is -2.42. The zero-order valence-corrected chi connectivity index (χ0v) is 16.8. The van der Waals surface area contributed by atoms with Gasteiger partial charge in [-0.2, -0.15) is 0 Å². The van der Waals surface area contributed by atoms with E-state index in [1.165, 1.54) is 12.1 Å². The van der Waals surface area contributed by atoms with Crippen molar-refractivity contribution in [2.45, 2.75) is 18.4 Å². The number of nitrogens with one attached hydrogen (secondary N) is 1. The van der Waals surface area contributed by atoms with Crippen LogP contribution in [-0.2, 0) is 21.3 Å². The first kappa shape index (κ1) is 20.3. The quantitative estimate of drug-likeness (QED) is 0.796. The lowest BCUT2D eigenvalue weighted by molar-refractivity contribution is 0.0302. The summed E-state index contributed by atoms with van der Waals surface area (Å²) in [6.45, 7) is 3.94. The van der Waals surface area contributed by atoms with Crippen LogP contribution in [0, 0.1) is 6.92 Å². The minimum Gasteiger partial charge on any atom is -0.497 e. The molecule has 2 aromatic rings. The maximum Gasteiger partial charge on any atom is 0.254 e. The minimum atomic E-state index is -3.75. The third kappa shape index (κ3) is 4.70. The van der Waals surface area contributed by atoms with Gasteiger partial charge in [0.15, 0.2) is 0 Å². The zero-order chi connectivity index (χ0) is 20.1. The first-order valence-corrected chi connectivity index (χ1v) is 10.5. The van der Waals surface area contributed by atoms with Gasteiger partial charge in [0.05, 0.1) is 25.2 Å². The van der Waals surface area contributed by atoms with Gasteiger partial charge in [0.2, 0.25) is 10.0 Å². The molecule has 1 amide bonds. The molecule has 0 aliphatic carbocycles. The van der Waals surface area contributed by atoms with Crippen molar-refractivity contribution in [3.63, 3.8) is 0 Å². The number of morpholine rings is 1. The van der Waals surface area contributed by atoms with Crippen molar-refractivity contribution in [2.75, 3.05) is 33.4 Å². The topological polar surface area (TPSA) is 84.9 Å². The van der Waals surface area contributed by atoms with Gasteiger partial charge in [0.25, 0.3) is 5.91 Å². The highest BCUT2D eigenvalue weighted by Gasteiger charge is 2.23. The fourth-order valence-corrected chi connectivity index (χ4v) is 3.98. The van der Waals surface area contributed by atoms with Crippen molar-refractivity contribution in [3.8, 4) is 5.75 Å². The van der Waals surface area contributed by atoms with E-state index in [1.807, 2.05) is 0 Å². The third-order valence-electron chi connectivity index (χ3n) is 4.67. The first-order valence-electron chi connectivity index (χ1n) is 9.01. The number of methoxy groups -OCH3 is 1. The summed E-state index contributed by atoms with van der Waals surface area (Å²) >= 11 is 0. The molecule has 8 heteroatoms. The normalized spacial score (nSPS) is 14.7. The van der Waals surface area contributed by atoms with Crippen LogP contribution in [0.1, 0.15) is 21.5 Å². The van der Waals surface area contributed by atoms with E-state index in [9.17, 15) is 13.2 Å². The number of sulfonamides is 1. The van der Waals surface area contributed by atoms with Crippen LogP contribution in [0.15, 0.2) is 47.4 Å². The highest BCUT2D eigenvalue weighted by molar-refractivity contribution is 7.89. The molecule has 0 bridgehead atoms. The number of amides is 1. The summed E-state index contributed by atoms with van der Waals surface area (Å²) in [4.78, 5) is 14.5. The number of hydrogen-bond acceptors (Lipinski definition) is 5. The largest absolute Gasteiger partial charge is 0.497 e. The predicted molar refractivity (Wildman–Crippen MR) is 105 cm³/mol. The molecule has 0 atom stereocenters. The number of rotatable bonds is 6. The molecule has 0 aromatic heterocycles. The summed E-state index contributed by atoms with van der Waals surface area (Å²) in [5.74, 6) is 0.532. The number of carbonyl (C=O) groups is 1. The summed E-state index contributed by atoms with van der Waals surface area (Å²) < 4.78 is 38.4. The molecule has 1 aliphatic rings. The second-order valence-corrected chi connectivity index (χ2v) is 8.32. The van der Waals surface area contributed by atoms with Crippen LogP contribution >= 0.6 is 0 Å². The second-order valence-electron chi connectivity index (χ2n) is 6.55. The lowest BCUT2D eigenvalue weighted by Gasteiger charge is -2.27. The van der Waals surface area contributed by atoms with Crippen LogP contribution in [0.3, 0.4) is 0 Å². The maximum absolute atomic E-state index is 12.8. The monoisotopic (exact) mass is 404 g/mol. The molecular formula is C20H24N2O5S. The summed E-state index contributed by atoms with van der Waals surface area (Å²) in [5.41, 5.74) is 1.95. The van der Waals surface area contributed by atoms with E-state index in [4.69, 9.17) is 9.47 Å². The van der Waals surface area contributed by atoms with Gasteiger partial charge in [0.1, 0.15) is 5.75 Å². The lowest BCUT2D eigenvalue weighted by atomic mass is 10.1. The average Bonchev–Trinajstić information content (AvgIpc) is 2.73. The molecule has 3 rings (SSSR count). The van der Waals surface area contributed by atoms with Gasteiger partial charge in [-0.05, 0) is 42.3 Å². The van der Waals surface area contributed by atoms with Crippen molar-refractivity contribution in [1.29, 1.82) is 0 Å². The molecular weight excluding hydrogens is 380 g/mol. The van der Waals surface area contributed by atoms with Crippen molar-refractivity contribution in [2.24, 2.45) is 0 Å². The number of aryl methyl sites for hydroxylation is 1. The summed E-state index contributed by atoms with van der Waals surface area (Å²) in [6.07, 6.45) is 0. The van der Waals surface area contributed by atoms with Gasteiger partial charge in [-0.15, -0.1) is 0 Å². The highest BCUT2D eigenvalue weighted by atomic mass is 32.2. The van der Waals surface area contributed by atoms with E-state index in [0.717, 1.165) is 11.1 Å². The van der Waals surface area contributed by atoms with Gasteiger partial charge in [0, 0.05) is 25.2 Å². The van der Waals surface area contributed by atoms with Gasteiger partial charge >= 0.3 is 0 Å². The van der Waals surface area contributed by atoms with E-state index in [0.29, 0.717) is 37.6 Å². The smallest absolute Gasteiger partial charge is 0.254 e. The van der Waals surface area contributed by atoms with Crippen LogP contribution < -0.4 is 9.46 Å². The second kappa shape index (κ2) is 8.72. The van der Waals surface area contributed by atoms with E-state index in [2.05, 4.69) is 4.72 Å². The van der Waals surface area contributed by atoms with Gasteiger partial charge in [-0.25, -0.2) is 13.1 Å². The molecule has 0 spiro atoms.